The van der Waals surface area contributed by atoms with Gasteiger partial charge in [-0.1, -0.05) is 59.7 Å². The molecule has 0 aromatic heterocycles. The summed E-state index contributed by atoms with van der Waals surface area (Å²) in [6, 6.07) is 17.6. The van der Waals surface area contributed by atoms with Crippen molar-refractivity contribution in [2.45, 2.75) is 45.3 Å². The van der Waals surface area contributed by atoms with Gasteiger partial charge in [0.15, 0.2) is 0 Å². The second-order valence-electron chi connectivity index (χ2n) is 6.97. The van der Waals surface area contributed by atoms with E-state index in [-0.39, 0.29) is 18.1 Å². The highest BCUT2D eigenvalue weighted by Crippen LogP contribution is 2.33. The molecule has 4 nitrogen and oxygen atoms in total. The Bertz CT molecular complexity index is 679. The van der Waals surface area contributed by atoms with Gasteiger partial charge in [-0.3, -0.25) is 0 Å². The van der Waals surface area contributed by atoms with Gasteiger partial charge in [-0.2, -0.15) is 0 Å². The minimum atomic E-state index is -0.581. The van der Waals surface area contributed by atoms with E-state index in [1.807, 2.05) is 0 Å². The monoisotopic (exact) mass is 353 g/mol. The molecule has 2 atom stereocenters. The molecule has 0 aliphatic carbocycles. The molecule has 2 aromatic carbocycles. The average molecular weight is 353 g/mol. The zero-order chi connectivity index (χ0) is 18.5. The smallest absolute Gasteiger partial charge is 0.435 e. The zero-order valence-corrected chi connectivity index (χ0v) is 15.7. The highest BCUT2D eigenvalue weighted by atomic mass is 16.7. The molecule has 1 saturated heterocycles. The van der Waals surface area contributed by atoms with Gasteiger partial charge in [0.05, 0.1) is 6.61 Å². The van der Waals surface area contributed by atoms with Crippen LogP contribution in [-0.4, -0.2) is 31.5 Å². The molecule has 1 N–H and O–H groups in total. The Hall–Kier alpha value is -2.33. The molecule has 0 amide bonds. The quantitative estimate of drug-likeness (QED) is 0.813. The number of hydrogen-bond donors (Lipinski definition) is 1. The topological polar surface area (TPSA) is 47.6 Å². The molecule has 1 aliphatic rings. The summed E-state index contributed by atoms with van der Waals surface area (Å²) in [6.07, 6.45) is 0.0326. The molecule has 4 heteroatoms. The Labute approximate surface area is 155 Å². The molecule has 0 unspecified atom stereocenters. The van der Waals surface area contributed by atoms with Crippen LogP contribution in [0.1, 0.15) is 41.5 Å². The maximum Gasteiger partial charge on any atom is 0.508 e. The van der Waals surface area contributed by atoms with Gasteiger partial charge >= 0.3 is 6.16 Å². The van der Waals surface area contributed by atoms with Crippen LogP contribution < -0.4 is 5.32 Å². The number of hydrogen-bond acceptors (Lipinski definition) is 4. The van der Waals surface area contributed by atoms with E-state index in [0.717, 1.165) is 6.42 Å². The molecule has 0 spiro atoms. The predicted octanol–water partition coefficient (Wildman–Crippen LogP) is 4.34. The maximum atomic E-state index is 11.6. The molecule has 3 rings (SSSR count). The molecule has 0 saturated carbocycles. The first-order valence-electron chi connectivity index (χ1n) is 9.26. The summed E-state index contributed by atoms with van der Waals surface area (Å²) in [6.45, 7) is 6.96. The van der Waals surface area contributed by atoms with Gasteiger partial charge in [-0.05, 0) is 31.9 Å². The van der Waals surface area contributed by atoms with E-state index in [1.54, 1.807) is 6.92 Å². The summed E-state index contributed by atoms with van der Waals surface area (Å²) < 4.78 is 10.3. The molecule has 138 valence electrons. The summed E-state index contributed by atoms with van der Waals surface area (Å²) in [5, 5.41) is 3.55. The van der Waals surface area contributed by atoms with Crippen LogP contribution in [0.15, 0.2) is 48.5 Å². The third kappa shape index (κ3) is 4.44. The van der Waals surface area contributed by atoms with Crippen LogP contribution >= 0.6 is 0 Å². The Balaban J connectivity index is 1.81. The van der Waals surface area contributed by atoms with Crippen molar-refractivity contribution < 1.29 is 14.3 Å². The van der Waals surface area contributed by atoms with E-state index in [1.165, 1.54) is 22.3 Å². The lowest BCUT2D eigenvalue weighted by Crippen LogP contribution is -2.29. The molecule has 2 aromatic rings. The Morgan fingerprint density at radius 2 is 1.58 bits per heavy atom. The van der Waals surface area contributed by atoms with Crippen LogP contribution in [0.3, 0.4) is 0 Å². The van der Waals surface area contributed by atoms with Gasteiger partial charge < -0.3 is 14.8 Å². The summed E-state index contributed by atoms with van der Waals surface area (Å²) in [4.78, 5) is 11.6. The third-order valence-electron chi connectivity index (χ3n) is 4.92. The molecule has 0 radical (unpaired) electrons. The Morgan fingerprint density at radius 1 is 1.04 bits per heavy atom. The Kier molecular flexibility index (Phi) is 5.94. The van der Waals surface area contributed by atoms with E-state index in [9.17, 15) is 4.79 Å². The summed E-state index contributed by atoms with van der Waals surface area (Å²) in [5.41, 5.74) is 5.04. The van der Waals surface area contributed by atoms with Gasteiger partial charge in [0.2, 0.25) is 0 Å². The summed E-state index contributed by atoms with van der Waals surface area (Å²) >= 11 is 0. The van der Waals surface area contributed by atoms with E-state index >= 15 is 0 Å². The summed E-state index contributed by atoms with van der Waals surface area (Å²) in [7, 11) is 0. The number of nitrogens with one attached hydrogen (secondary N) is 1. The standard InChI is InChI=1S/C22H27NO3/c1-4-25-22(24)26-19-13-20(23-14-19)21(17-9-5-15(2)6-10-17)18-11-7-16(3)8-12-18/h5-12,19-21,23H,4,13-14H2,1-3H3/t19-,20-/m1/s1. The molecule has 26 heavy (non-hydrogen) atoms. The number of ether oxygens (including phenoxy) is 2. The first kappa shape index (κ1) is 18.5. The fourth-order valence-electron chi connectivity index (χ4n) is 3.57. The van der Waals surface area contributed by atoms with Crippen LogP contribution in [0.5, 0.6) is 0 Å². The maximum absolute atomic E-state index is 11.6. The van der Waals surface area contributed by atoms with Gasteiger partial charge in [-0.25, -0.2) is 4.79 Å². The molecular weight excluding hydrogens is 326 g/mol. The third-order valence-corrected chi connectivity index (χ3v) is 4.92. The minimum Gasteiger partial charge on any atom is -0.435 e. The molecule has 0 bridgehead atoms. The van der Waals surface area contributed by atoms with Crippen LogP contribution in [0.4, 0.5) is 4.79 Å². The van der Waals surface area contributed by atoms with Crippen molar-refractivity contribution in [1.29, 1.82) is 0 Å². The molecule has 1 heterocycles. The molecule has 1 aliphatic heterocycles. The lowest BCUT2D eigenvalue weighted by Gasteiger charge is -2.25. The second-order valence-corrected chi connectivity index (χ2v) is 6.97. The minimum absolute atomic E-state index is 0.155. The van der Waals surface area contributed by atoms with Gasteiger partial charge in [0.1, 0.15) is 6.10 Å². The van der Waals surface area contributed by atoms with Crippen molar-refractivity contribution in [3.8, 4) is 0 Å². The normalized spacial score (nSPS) is 19.5. The fraction of sp³-hybridized carbons (Fsp3) is 0.409. The first-order valence-corrected chi connectivity index (χ1v) is 9.26. The largest absolute Gasteiger partial charge is 0.508 e. The highest BCUT2D eigenvalue weighted by molar-refractivity contribution is 5.60. The SMILES string of the molecule is CCOC(=O)O[C@H]1CN[C@@H](C(c2ccc(C)cc2)c2ccc(C)cc2)C1. The Morgan fingerprint density at radius 3 is 2.08 bits per heavy atom. The lowest BCUT2D eigenvalue weighted by molar-refractivity contribution is 0.0318. The van der Waals surface area contributed by atoms with Crippen molar-refractivity contribution in [2.75, 3.05) is 13.2 Å². The van der Waals surface area contributed by atoms with Gasteiger partial charge in [0, 0.05) is 24.9 Å². The van der Waals surface area contributed by atoms with Crippen molar-refractivity contribution in [3.63, 3.8) is 0 Å². The number of carbonyl (C=O) groups is 1. The number of rotatable bonds is 5. The zero-order valence-electron chi connectivity index (χ0n) is 15.7. The van der Waals surface area contributed by atoms with Crippen LogP contribution in [-0.2, 0) is 9.47 Å². The van der Waals surface area contributed by atoms with Crippen molar-refractivity contribution in [2.24, 2.45) is 0 Å². The number of benzene rings is 2. The first-order chi connectivity index (χ1) is 12.6. The number of carbonyl (C=O) groups excluding carboxylic acids is 1. The average Bonchev–Trinajstić information content (AvgIpc) is 3.06. The second kappa shape index (κ2) is 8.37. The predicted molar refractivity (Wildman–Crippen MR) is 103 cm³/mol. The van der Waals surface area contributed by atoms with Crippen molar-refractivity contribution in [1.82, 2.24) is 5.32 Å². The number of aryl methyl sites for hydroxylation is 2. The van der Waals surface area contributed by atoms with E-state index in [0.29, 0.717) is 13.2 Å². The summed E-state index contributed by atoms with van der Waals surface area (Å²) in [5.74, 6) is 0.215. The highest BCUT2D eigenvalue weighted by Gasteiger charge is 2.34. The van der Waals surface area contributed by atoms with Crippen LogP contribution in [0.2, 0.25) is 0 Å². The van der Waals surface area contributed by atoms with E-state index in [2.05, 4.69) is 67.7 Å². The van der Waals surface area contributed by atoms with Crippen molar-refractivity contribution >= 4 is 6.16 Å². The van der Waals surface area contributed by atoms with Crippen LogP contribution in [0, 0.1) is 13.8 Å². The van der Waals surface area contributed by atoms with Crippen LogP contribution in [0.25, 0.3) is 0 Å². The fourth-order valence-corrected chi connectivity index (χ4v) is 3.57. The van der Waals surface area contributed by atoms with E-state index in [4.69, 9.17) is 9.47 Å². The van der Waals surface area contributed by atoms with Gasteiger partial charge in [0.25, 0.3) is 0 Å². The molecule has 1 fully saturated rings. The van der Waals surface area contributed by atoms with E-state index < -0.39 is 6.16 Å². The van der Waals surface area contributed by atoms with Gasteiger partial charge in [-0.15, -0.1) is 0 Å². The molecular formula is C22H27NO3. The lowest BCUT2D eigenvalue weighted by atomic mass is 9.83. The van der Waals surface area contributed by atoms with Crippen molar-refractivity contribution in [3.05, 3.63) is 70.8 Å².